The highest BCUT2D eigenvalue weighted by Gasteiger charge is 2.38. The average molecular weight is 775 g/mol. The molecule has 0 fully saturated rings. The third-order valence-corrected chi connectivity index (χ3v) is 7.90. The molecule has 0 amide bonds. The van der Waals surface area contributed by atoms with Crippen LogP contribution >= 0.6 is 0 Å². The van der Waals surface area contributed by atoms with E-state index in [0.717, 1.165) is 50.4 Å². The van der Waals surface area contributed by atoms with Crippen LogP contribution in [0.2, 0.25) is 0 Å². The first-order valence-corrected chi connectivity index (χ1v) is 16.2. The highest BCUT2D eigenvalue weighted by atomic mass is 19.4. The lowest BCUT2D eigenvalue weighted by Crippen LogP contribution is -2.32. The van der Waals surface area contributed by atoms with Gasteiger partial charge in [0, 0.05) is 18.3 Å². The molecule has 0 saturated heterocycles. The van der Waals surface area contributed by atoms with E-state index in [1.807, 2.05) is 12.1 Å². The maximum Gasteiger partial charge on any atom is 0.407 e. The van der Waals surface area contributed by atoms with Crippen molar-refractivity contribution in [1.29, 1.82) is 0 Å². The second kappa shape index (κ2) is 17.6. The minimum absolute atomic E-state index is 0.0750. The first kappa shape index (κ1) is 43.7. The number of benzene rings is 2. The molecule has 11 nitrogen and oxygen atoms in total. The van der Waals surface area contributed by atoms with E-state index in [2.05, 4.69) is 14.4 Å². The van der Waals surface area contributed by atoms with Gasteiger partial charge in [0.15, 0.2) is 0 Å². The average Bonchev–Trinajstić information content (AvgIpc) is 3.07. The Morgan fingerprint density at radius 2 is 1.04 bits per heavy atom. The number of halogens is 6. The smallest absolute Gasteiger partial charge is 0.407 e. The second-order valence-electron chi connectivity index (χ2n) is 12.7. The van der Waals surface area contributed by atoms with E-state index in [1.165, 1.54) is 0 Å². The molecule has 4 rings (SSSR count). The highest BCUT2D eigenvalue weighted by molar-refractivity contribution is 5.69. The van der Waals surface area contributed by atoms with Crippen LogP contribution in [-0.4, -0.2) is 55.8 Å². The first-order chi connectivity index (χ1) is 25.5. The predicted octanol–water partition coefficient (Wildman–Crippen LogP) is 6.68. The minimum Gasteiger partial charge on any atom is -0.463 e. The number of aromatic nitrogens is 2. The Hall–Kier alpha value is -5.75. The Kier molecular flexibility index (Phi) is 14.0. The van der Waals surface area contributed by atoms with Gasteiger partial charge in [0.2, 0.25) is 0 Å². The zero-order valence-electron chi connectivity index (χ0n) is 30.1. The van der Waals surface area contributed by atoms with Crippen molar-refractivity contribution in [1.82, 2.24) is 9.13 Å². The largest absolute Gasteiger partial charge is 0.463 e. The molecule has 0 radical (unpaired) electrons. The highest BCUT2D eigenvalue weighted by Crippen LogP contribution is 2.39. The summed E-state index contributed by atoms with van der Waals surface area (Å²) in [6.07, 6.45) is -12.5. The van der Waals surface area contributed by atoms with Gasteiger partial charge in [-0.3, -0.25) is 14.4 Å². The van der Waals surface area contributed by atoms with Crippen molar-refractivity contribution < 1.29 is 51.2 Å². The number of rotatable bonds is 9. The molecule has 3 N–H and O–H groups in total. The Morgan fingerprint density at radius 1 is 0.691 bits per heavy atom. The summed E-state index contributed by atoms with van der Waals surface area (Å²) >= 11 is 0. The normalized spacial score (nSPS) is 12.5. The summed E-state index contributed by atoms with van der Waals surface area (Å²) in [7, 11) is 0. The van der Waals surface area contributed by atoms with Gasteiger partial charge in [-0.1, -0.05) is 34.4 Å². The maximum atomic E-state index is 13.5. The Bertz CT molecular complexity index is 2240. The third-order valence-electron chi connectivity index (χ3n) is 7.90. The number of ether oxygens (including phenoxy) is 1. The van der Waals surface area contributed by atoms with Gasteiger partial charge in [-0.15, -0.1) is 0 Å². The molecule has 0 aliphatic carbocycles. The van der Waals surface area contributed by atoms with E-state index in [4.69, 9.17) is 18.3 Å². The number of hydrogen-bond acceptors (Lipinski definition) is 7. The summed E-state index contributed by atoms with van der Waals surface area (Å²) in [4.78, 5) is 41.7. The fraction of sp³-hybridized carbons (Fsp3) is 0.342. The summed E-state index contributed by atoms with van der Waals surface area (Å²) < 4.78 is 87.0. The van der Waals surface area contributed by atoms with E-state index in [1.54, 1.807) is 52.0 Å². The van der Waals surface area contributed by atoms with Crippen LogP contribution in [-0.2, 0) is 35.0 Å². The van der Waals surface area contributed by atoms with Gasteiger partial charge >= 0.3 is 18.3 Å². The predicted molar refractivity (Wildman–Crippen MR) is 189 cm³/mol. The zero-order chi connectivity index (χ0) is 41.6. The Labute approximate surface area is 310 Å². The number of carbonyl (C=O) groups excluding carboxylic acids is 1. The van der Waals surface area contributed by atoms with Crippen molar-refractivity contribution in [3.05, 3.63) is 125 Å². The Morgan fingerprint density at radius 3 is 1.33 bits per heavy atom. The first-order valence-electron chi connectivity index (χ1n) is 16.2. The molecule has 292 valence electrons. The van der Waals surface area contributed by atoms with E-state index in [-0.39, 0.29) is 11.4 Å². The number of aryl methyl sites for hydroxylation is 4. The lowest BCUT2D eigenvalue weighted by atomic mass is 10.0. The molecule has 17 heteroatoms. The van der Waals surface area contributed by atoms with Crippen LogP contribution in [0.15, 0.2) is 58.1 Å². The van der Waals surface area contributed by atoms with Crippen molar-refractivity contribution >= 4 is 17.3 Å². The van der Waals surface area contributed by atoms with Crippen LogP contribution in [0.4, 0.5) is 37.7 Å². The maximum absolute atomic E-state index is 13.5. The number of esters is 1. The molecular formula is C38H36F6N4O7. The fourth-order valence-electron chi connectivity index (χ4n) is 5.75. The molecule has 55 heavy (non-hydrogen) atoms. The molecule has 0 bridgehead atoms. The van der Waals surface area contributed by atoms with Gasteiger partial charge in [-0.05, 0) is 75.2 Å². The number of hydrogen-bond donors (Lipinski definition) is 3. The van der Waals surface area contributed by atoms with Crippen molar-refractivity contribution in [2.45, 2.75) is 72.3 Å². The molecule has 2 aromatic heterocycles. The number of alkyl halides is 6. The summed E-state index contributed by atoms with van der Waals surface area (Å²) in [5.74, 6) is -0.653. The SMILES string of the molecule is [C-]#[N+]c1c(C(F)(F)F)cc(-c2cc(C)cc(C)c2)n(CC(O)CO)c1=O.[C-]#[N+]c1c(C(F)(F)F)cc(-c2cc(C)cc(C)c2)n(CC(O)COC(C)=O)c1=O. The topological polar surface area (TPSA) is 140 Å². The number of pyridine rings is 2. The molecular weight excluding hydrogens is 738 g/mol. The summed E-state index contributed by atoms with van der Waals surface area (Å²) in [6.45, 7) is 20.2. The number of carbonyl (C=O) groups is 1. The van der Waals surface area contributed by atoms with Crippen LogP contribution in [0.3, 0.4) is 0 Å². The molecule has 0 spiro atoms. The molecule has 0 saturated carbocycles. The molecule has 2 heterocycles. The van der Waals surface area contributed by atoms with Crippen LogP contribution in [0.1, 0.15) is 40.3 Å². The number of nitrogens with zero attached hydrogens (tertiary/aromatic N) is 4. The van der Waals surface area contributed by atoms with Crippen LogP contribution in [0, 0.1) is 40.8 Å². The second-order valence-corrected chi connectivity index (χ2v) is 12.7. The fourth-order valence-corrected chi connectivity index (χ4v) is 5.75. The molecule has 4 aromatic rings. The molecule has 0 aliphatic heterocycles. The van der Waals surface area contributed by atoms with Gasteiger partial charge in [0.1, 0.15) is 12.7 Å². The number of aliphatic hydroxyl groups is 3. The van der Waals surface area contributed by atoms with E-state index in [9.17, 15) is 50.9 Å². The standard InChI is InChI=1S/C20H19F3N2O4.C18H17F3N2O3/c1-11-5-12(2)7-14(6-11)17-8-16(20(21,22)23)18(24-4)19(28)25(17)9-15(27)10-29-13(3)26;1-10-4-11(2)6-12(5-10)15-7-14(18(19,20)21)16(22-3)17(26)23(15)8-13(25)9-24/h5-8,15,27H,9-10H2,1-3H3;4-7,13,24-25H,8-9H2,1-2H3. The lowest BCUT2D eigenvalue weighted by Gasteiger charge is -2.20. The van der Waals surface area contributed by atoms with E-state index >= 15 is 0 Å². The monoisotopic (exact) mass is 774 g/mol. The zero-order valence-corrected chi connectivity index (χ0v) is 30.1. The van der Waals surface area contributed by atoms with E-state index in [0.29, 0.717) is 11.1 Å². The Balaban J connectivity index is 0.000000297. The van der Waals surface area contributed by atoms with Crippen molar-refractivity contribution in [2.75, 3.05) is 13.2 Å². The van der Waals surface area contributed by atoms with Gasteiger partial charge in [0.25, 0.3) is 22.5 Å². The molecule has 2 atom stereocenters. The van der Waals surface area contributed by atoms with Crippen molar-refractivity contribution in [2.24, 2.45) is 0 Å². The van der Waals surface area contributed by atoms with Gasteiger partial charge in [0.05, 0.1) is 50.1 Å². The molecule has 0 aliphatic rings. The van der Waals surface area contributed by atoms with Crippen LogP contribution in [0.5, 0.6) is 0 Å². The van der Waals surface area contributed by atoms with Crippen LogP contribution < -0.4 is 11.1 Å². The van der Waals surface area contributed by atoms with Gasteiger partial charge in [-0.2, -0.15) is 26.3 Å². The quantitative estimate of drug-likeness (QED) is 0.0980. The lowest BCUT2D eigenvalue weighted by molar-refractivity contribution is -0.144. The van der Waals surface area contributed by atoms with E-state index < -0.39 is 90.5 Å². The molecule has 2 unspecified atom stereocenters. The van der Waals surface area contributed by atoms with Crippen molar-refractivity contribution in [3.63, 3.8) is 0 Å². The third kappa shape index (κ3) is 10.9. The molecule has 2 aromatic carbocycles. The van der Waals surface area contributed by atoms with Crippen molar-refractivity contribution in [3.8, 4) is 22.5 Å². The van der Waals surface area contributed by atoms with Gasteiger partial charge in [-0.25, -0.2) is 9.69 Å². The summed E-state index contributed by atoms with van der Waals surface area (Å²) in [5.41, 5.74) is -3.51. The summed E-state index contributed by atoms with van der Waals surface area (Å²) in [6, 6.07) is 11.6. The van der Waals surface area contributed by atoms with Crippen LogP contribution in [0.25, 0.3) is 32.2 Å². The minimum atomic E-state index is -4.90. The number of aliphatic hydroxyl groups excluding tert-OH is 3. The summed E-state index contributed by atoms with van der Waals surface area (Å²) in [5, 5.41) is 28.9. The van der Waals surface area contributed by atoms with Gasteiger partial charge < -0.3 is 29.2 Å².